The highest BCUT2D eigenvalue weighted by atomic mass is 19.1. The molecular weight excluding hydrogens is 404 g/mol. The molecule has 1 atom stereocenters. The number of hydrogen-bond donors (Lipinski definition) is 3. The van der Waals surface area contributed by atoms with Crippen molar-refractivity contribution >= 4 is 29.1 Å². The Bertz CT molecular complexity index is 999. The van der Waals surface area contributed by atoms with Gasteiger partial charge in [-0.15, -0.1) is 0 Å². The van der Waals surface area contributed by atoms with Crippen LogP contribution in [0.5, 0.6) is 0 Å². The second-order valence-electron chi connectivity index (χ2n) is 8.07. The maximum atomic E-state index is 13.9. The Morgan fingerprint density at radius 1 is 1.00 bits per heavy atom. The lowest BCUT2D eigenvalue weighted by atomic mass is 10.0. The van der Waals surface area contributed by atoms with Gasteiger partial charge in [-0.25, -0.2) is 8.78 Å². The van der Waals surface area contributed by atoms with E-state index >= 15 is 0 Å². The van der Waals surface area contributed by atoms with Gasteiger partial charge in [0.25, 0.3) is 5.91 Å². The first-order chi connectivity index (χ1) is 14.7. The molecular formula is C23H25F2N3O3. The summed E-state index contributed by atoms with van der Waals surface area (Å²) in [4.78, 5) is 37.3. The van der Waals surface area contributed by atoms with Gasteiger partial charge < -0.3 is 16.0 Å². The van der Waals surface area contributed by atoms with E-state index < -0.39 is 35.1 Å². The van der Waals surface area contributed by atoms with Crippen molar-refractivity contribution in [1.82, 2.24) is 5.32 Å². The smallest absolute Gasteiger partial charge is 0.257 e. The van der Waals surface area contributed by atoms with E-state index in [-0.39, 0.29) is 17.7 Å². The third-order valence-corrected chi connectivity index (χ3v) is 5.14. The molecule has 1 aliphatic rings. The summed E-state index contributed by atoms with van der Waals surface area (Å²) < 4.78 is 27.9. The average molecular weight is 429 g/mol. The third kappa shape index (κ3) is 5.45. The van der Waals surface area contributed by atoms with Crippen molar-refractivity contribution in [3.8, 4) is 0 Å². The highest BCUT2D eigenvalue weighted by Crippen LogP contribution is 2.31. The number of rotatable bonds is 7. The molecule has 2 aromatic rings. The van der Waals surface area contributed by atoms with Crippen molar-refractivity contribution in [2.24, 2.45) is 11.8 Å². The van der Waals surface area contributed by atoms with E-state index in [1.54, 1.807) is 39.0 Å². The molecule has 3 rings (SSSR count). The minimum absolute atomic E-state index is 0.0404. The number of halogens is 2. The van der Waals surface area contributed by atoms with Gasteiger partial charge in [0.15, 0.2) is 0 Å². The summed E-state index contributed by atoms with van der Waals surface area (Å²) in [5.74, 6) is -3.91. The van der Waals surface area contributed by atoms with Gasteiger partial charge in [-0.05, 0) is 55.5 Å². The zero-order valence-corrected chi connectivity index (χ0v) is 17.6. The molecule has 8 heteroatoms. The summed E-state index contributed by atoms with van der Waals surface area (Å²) in [6, 6.07) is 7.23. The fraction of sp³-hybridized carbons (Fsp3) is 0.348. The van der Waals surface area contributed by atoms with Gasteiger partial charge in [0, 0.05) is 17.3 Å². The zero-order valence-electron chi connectivity index (χ0n) is 17.6. The zero-order chi connectivity index (χ0) is 22.7. The number of anilines is 2. The maximum absolute atomic E-state index is 13.9. The van der Waals surface area contributed by atoms with E-state index in [1.165, 1.54) is 0 Å². The lowest BCUT2D eigenvalue weighted by molar-refractivity contribution is -0.119. The number of hydrogen-bond acceptors (Lipinski definition) is 3. The molecule has 1 aliphatic carbocycles. The molecule has 6 nitrogen and oxygen atoms in total. The first kappa shape index (κ1) is 22.4. The van der Waals surface area contributed by atoms with Gasteiger partial charge in [-0.1, -0.05) is 26.0 Å². The lowest BCUT2D eigenvalue weighted by Crippen LogP contribution is -2.47. The molecule has 0 radical (unpaired) electrons. The van der Waals surface area contributed by atoms with Crippen LogP contribution in [0.4, 0.5) is 20.2 Å². The molecule has 1 saturated carbocycles. The molecule has 0 aromatic heterocycles. The highest BCUT2D eigenvalue weighted by molar-refractivity contribution is 6.02. The van der Waals surface area contributed by atoms with Crippen LogP contribution in [0, 0.1) is 30.4 Å². The van der Waals surface area contributed by atoms with E-state index in [4.69, 9.17) is 0 Å². The molecule has 1 unspecified atom stereocenters. The minimum atomic E-state index is -1.03. The van der Waals surface area contributed by atoms with E-state index in [2.05, 4.69) is 16.0 Å². The number of carbonyl (C=O) groups is 3. The van der Waals surface area contributed by atoms with Gasteiger partial charge in [0.05, 0.1) is 0 Å². The Kier molecular flexibility index (Phi) is 6.68. The molecule has 164 valence electrons. The summed E-state index contributed by atoms with van der Waals surface area (Å²) in [5.41, 5.74) is 1.04. The standard InChI is InChI=1S/C23H25F2N3O3/c1-12(2)20(28-22(30)19-16(24)5-4-6-17(19)25)23(31)27-18-11-15(10-7-13(18)3)26-21(29)14-8-9-14/h4-7,10-12,14,20H,8-9H2,1-3H3,(H,26,29)(H,27,31)(H,28,30). The van der Waals surface area contributed by atoms with Crippen LogP contribution in [-0.4, -0.2) is 23.8 Å². The van der Waals surface area contributed by atoms with Crippen molar-refractivity contribution in [2.45, 2.75) is 39.7 Å². The van der Waals surface area contributed by atoms with Crippen molar-refractivity contribution in [2.75, 3.05) is 10.6 Å². The Morgan fingerprint density at radius 3 is 2.23 bits per heavy atom. The van der Waals surface area contributed by atoms with E-state index in [1.807, 2.05) is 0 Å². The maximum Gasteiger partial charge on any atom is 0.257 e. The highest BCUT2D eigenvalue weighted by Gasteiger charge is 2.30. The molecule has 31 heavy (non-hydrogen) atoms. The average Bonchev–Trinajstić information content (AvgIpc) is 3.53. The van der Waals surface area contributed by atoms with Crippen LogP contribution >= 0.6 is 0 Å². The summed E-state index contributed by atoms with van der Waals surface area (Å²) >= 11 is 0. The van der Waals surface area contributed by atoms with Crippen LogP contribution in [-0.2, 0) is 9.59 Å². The lowest BCUT2D eigenvalue weighted by Gasteiger charge is -2.23. The molecule has 1 fully saturated rings. The third-order valence-electron chi connectivity index (χ3n) is 5.14. The number of benzene rings is 2. The van der Waals surface area contributed by atoms with Crippen LogP contribution < -0.4 is 16.0 Å². The van der Waals surface area contributed by atoms with E-state index in [9.17, 15) is 23.2 Å². The molecule has 0 heterocycles. The SMILES string of the molecule is Cc1ccc(NC(=O)C2CC2)cc1NC(=O)C(NC(=O)c1c(F)cccc1F)C(C)C. The van der Waals surface area contributed by atoms with Crippen molar-refractivity contribution in [1.29, 1.82) is 0 Å². The van der Waals surface area contributed by atoms with Crippen molar-refractivity contribution in [3.63, 3.8) is 0 Å². The van der Waals surface area contributed by atoms with Gasteiger partial charge in [-0.3, -0.25) is 14.4 Å². The monoisotopic (exact) mass is 429 g/mol. The number of amides is 3. The normalized spacial score (nSPS) is 14.1. The molecule has 2 aromatic carbocycles. The topological polar surface area (TPSA) is 87.3 Å². The van der Waals surface area contributed by atoms with Crippen LogP contribution in [0.25, 0.3) is 0 Å². The van der Waals surface area contributed by atoms with Gasteiger partial charge in [0.2, 0.25) is 11.8 Å². The van der Waals surface area contributed by atoms with Crippen LogP contribution in [0.15, 0.2) is 36.4 Å². The number of nitrogens with one attached hydrogen (secondary N) is 3. The molecule has 0 bridgehead atoms. The van der Waals surface area contributed by atoms with Crippen molar-refractivity contribution < 1.29 is 23.2 Å². The number of aryl methyl sites for hydroxylation is 1. The van der Waals surface area contributed by atoms with Gasteiger partial charge >= 0.3 is 0 Å². The van der Waals surface area contributed by atoms with Gasteiger partial charge in [-0.2, -0.15) is 0 Å². The Hall–Kier alpha value is -3.29. The second-order valence-corrected chi connectivity index (χ2v) is 8.07. The predicted octanol–water partition coefficient (Wildman–Crippen LogP) is 4.01. The van der Waals surface area contributed by atoms with E-state index in [0.717, 1.165) is 36.6 Å². The predicted molar refractivity (Wildman–Crippen MR) is 114 cm³/mol. The first-order valence-electron chi connectivity index (χ1n) is 10.1. The van der Waals surface area contributed by atoms with Crippen molar-refractivity contribution in [3.05, 3.63) is 59.2 Å². The fourth-order valence-corrected chi connectivity index (χ4v) is 3.10. The molecule has 3 amide bonds. The summed E-state index contributed by atoms with van der Waals surface area (Å²) in [6.07, 6.45) is 1.75. The summed E-state index contributed by atoms with van der Waals surface area (Å²) in [5, 5.41) is 7.99. The van der Waals surface area contributed by atoms with Gasteiger partial charge in [0.1, 0.15) is 23.2 Å². The Balaban J connectivity index is 1.74. The minimum Gasteiger partial charge on any atom is -0.340 e. The number of carbonyl (C=O) groups excluding carboxylic acids is 3. The largest absolute Gasteiger partial charge is 0.340 e. The molecule has 0 spiro atoms. The van der Waals surface area contributed by atoms with E-state index in [0.29, 0.717) is 11.4 Å². The molecule has 0 saturated heterocycles. The Morgan fingerprint density at radius 2 is 1.65 bits per heavy atom. The van der Waals surface area contributed by atoms with Crippen LogP contribution in [0.3, 0.4) is 0 Å². The molecule has 3 N–H and O–H groups in total. The molecule has 0 aliphatic heterocycles. The summed E-state index contributed by atoms with van der Waals surface area (Å²) in [6.45, 7) is 5.21. The Labute approximate surface area is 179 Å². The first-order valence-corrected chi connectivity index (χ1v) is 10.1. The fourth-order valence-electron chi connectivity index (χ4n) is 3.10. The summed E-state index contributed by atoms with van der Waals surface area (Å²) in [7, 11) is 0. The van der Waals surface area contributed by atoms with Crippen LogP contribution in [0.2, 0.25) is 0 Å². The quantitative estimate of drug-likeness (QED) is 0.621. The van der Waals surface area contributed by atoms with Crippen LogP contribution in [0.1, 0.15) is 42.6 Å². The second kappa shape index (κ2) is 9.24.